The van der Waals surface area contributed by atoms with E-state index in [0.717, 1.165) is 4.90 Å². The van der Waals surface area contributed by atoms with Gasteiger partial charge in [0.1, 0.15) is 5.57 Å². The second-order valence-electron chi connectivity index (χ2n) is 3.73. The molecule has 1 aromatic rings. The first kappa shape index (κ1) is 11.1. The molecule has 1 saturated heterocycles. The summed E-state index contributed by atoms with van der Waals surface area (Å²) in [6.45, 7) is 0. The summed E-state index contributed by atoms with van der Waals surface area (Å²) in [6, 6.07) is 2.86. The minimum Gasteiger partial charge on any atom is -0.351 e. The van der Waals surface area contributed by atoms with Gasteiger partial charge < -0.3 is 4.57 Å². The zero-order valence-electron chi connectivity index (χ0n) is 9.43. The van der Waals surface area contributed by atoms with Gasteiger partial charge in [-0.25, -0.2) is 4.79 Å². The molecule has 1 aliphatic heterocycles. The SMILES string of the molecule is CN1C(=O)NC(=O)/C(=C\c2cccn2C)C1=O. The number of carbonyl (C=O) groups excluding carboxylic acids is 3. The number of aromatic nitrogens is 1. The van der Waals surface area contributed by atoms with Gasteiger partial charge in [0.2, 0.25) is 0 Å². The van der Waals surface area contributed by atoms with Crippen LogP contribution in [0.25, 0.3) is 6.08 Å². The summed E-state index contributed by atoms with van der Waals surface area (Å²) >= 11 is 0. The normalized spacial score (nSPS) is 18.8. The van der Waals surface area contributed by atoms with E-state index in [4.69, 9.17) is 0 Å². The van der Waals surface area contributed by atoms with Crippen LogP contribution in [0.2, 0.25) is 0 Å². The molecule has 0 unspecified atom stereocenters. The summed E-state index contributed by atoms with van der Waals surface area (Å²) in [6.07, 6.45) is 3.26. The van der Waals surface area contributed by atoms with E-state index < -0.39 is 17.8 Å². The van der Waals surface area contributed by atoms with E-state index >= 15 is 0 Å². The first-order valence-corrected chi connectivity index (χ1v) is 4.97. The van der Waals surface area contributed by atoms with E-state index in [-0.39, 0.29) is 5.57 Å². The highest BCUT2D eigenvalue weighted by Gasteiger charge is 2.33. The molecule has 1 N–H and O–H groups in total. The van der Waals surface area contributed by atoms with Crippen molar-refractivity contribution in [2.24, 2.45) is 7.05 Å². The molecular weight excluding hydrogens is 222 g/mol. The number of imide groups is 2. The van der Waals surface area contributed by atoms with Crippen LogP contribution in [0.15, 0.2) is 23.9 Å². The fourth-order valence-corrected chi connectivity index (χ4v) is 1.52. The van der Waals surface area contributed by atoms with Crippen LogP contribution in [0.5, 0.6) is 0 Å². The van der Waals surface area contributed by atoms with E-state index in [1.807, 2.05) is 0 Å². The summed E-state index contributed by atoms with van der Waals surface area (Å²) in [5.74, 6) is -1.26. The van der Waals surface area contributed by atoms with Gasteiger partial charge in [0.15, 0.2) is 0 Å². The predicted octanol–water partition coefficient (Wildman–Crippen LogP) is 0.117. The van der Waals surface area contributed by atoms with Crippen molar-refractivity contribution in [3.8, 4) is 0 Å². The number of likely N-dealkylation sites (N-methyl/N-ethyl adjacent to an activating group) is 1. The topological polar surface area (TPSA) is 71.4 Å². The third-order valence-corrected chi connectivity index (χ3v) is 2.58. The lowest BCUT2D eigenvalue weighted by molar-refractivity contribution is -0.129. The number of hydrogen-bond donors (Lipinski definition) is 1. The monoisotopic (exact) mass is 233 g/mol. The van der Waals surface area contributed by atoms with Crippen molar-refractivity contribution in [3.05, 3.63) is 29.6 Å². The summed E-state index contributed by atoms with van der Waals surface area (Å²) < 4.78 is 1.77. The lowest BCUT2D eigenvalue weighted by atomic mass is 10.1. The molecule has 0 radical (unpaired) electrons. The van der Waals surface area contributed by atoms with Gasteiger partial charge in [-0.1, -0.05) is 0 Å². The zero-order chi connectivity index (χ0) is 12.6. The summed E-state index contributed by atoms with van der Waals surface area (Å²) in [4.78, 5) is 35.3. The van der Waals surface area contributed by atoms with Crippen molar-refractivity contribution < 1.29 is 14.4 Å². The van der Waals surface area contributed by atoms with Crippen LogP contribution >= 0.6 is 0 Å². The Morgan fingerprint density at radius 2 is 1.94 bits per heavy atom. The Morgan fingerprint density at radius 3 is 2.53 bits per heavy atom. The van der Waals surface area contributed by atoms with Gasteiger partial charge in [0, 0.05) is 26.0 Å². The number of hydrogen-bond acceptors (Lipinski definition) is 3. The molecule has 1 fully saturated rings. The number of amides is 4. The van der Waals surface area contributed by atoms with Gasteiger partial charge in [-0.2, -0.15) is 0 Å². The van der Waals surface area contributed by atoms with E-state index in [0.29, 0.717) is 5.69 Å². The third kappa shape index (κ3) is 1.84. The second-order valence-corrected chi connectivity index (χ2v) is 3.73. The number of carbonyl (C=O) groups is 3. The molecule has 88 valence electrons. The Bertz CT molecular complexity index is 542. The number of urea groups is 1. The average molecular weight is 233 g/mol. The minimum absolute atomic E-state index is 0.0473. The van der Waals surface area contributed by atoms with Crippen LogP contribution in [0.4, 0.5) is 4.79 Å². The summed E-state index contributed by atoms with van der Waals surface area (Å²) in [5.41, 5.74) is 0.667. The standard InChI is InChI=1S/C11H11N3O3/c1-13-5-3-4-7(13)6-8-9(15)12-11(17)14(2)10(8)16/h3-6H,1-2H3,(H,12,15,17)/b8-6+. The van der Waals surface area contributed by atoms with Crippen molar-refractivity contribution >= 4 is 23.9 Å². The number of barbiturate groups is 1. The molecule has 6 nitrogen and oxygen atoms in total. The van der Waals surface area contributed by atoms with Crippen LogP contribution in [-0.4, -0.2) is 34.4 Å². The molecule has 4 amide bonds. The number of rotatable bonds is 1. The second kappa shape index (κ2) is 3.89. The van der Waals surface area contributed by atoms with Crippen molar-refractivity contribution in [3.63, 3.8) is 0 Å². The fraction of sp³-hybridized carbons (Fsp3) is 0.182. The van der Waals surface area contributed by atoms with Crippen molar-refractivity contribution in [1.29, 1.82) is 0 Å². The van der Waals surface area contributed by atoms with E-state index in [9.17, 15) is 14.4 Å². The zero-order valence-corrected chi connectivity index (χ0v) is 9.43. The van der Waals surface area contributed by atoms with Crippen LogP contribution < -0.4 is 5.32 Å². The molecule has 0 atom stereocenters. The van der Waals surface area contributed by atoms with Crippen molar-refractivity contribution in [1.82, 2.24) is 14.8 Å². The highest BCUT2D eigenvalue weighted by atomic mass is 16.2. The van der Waals surface area contributed by atoms with Gasteiger partial charge in [-0.05, 0) is 18.2 Å². The molecule has 0 saturated carbocycles. The molecule has 2 rings (SSSR count). The largest absolute Gasteiger partial charge is 0.351 e. The molecule has 1 aliphatic rings. The van der Waals surface area contributed by atoms with Crippen LogP contribution in [0, 0.1) is 0 Å². The Labute approximate surface area is 97.5 Å². The molecule has 17 heavy (non-hydrogen) atoms. The number of nitrogens with one attached hydrogen (secondary N) is 1. The molecular formula is C11H11N3O3. The quantitative estimate of drug-likeness (QED) is 0.553. The van der Waals surface area contributed by atoms with Crippen LogP contribution in [-0.2, 0) is 16.6 Å². The van der Waals surface area contributed by atoms with E-state index in [2.05, 4.69) is 5.32 Å². The molecule has 0 aliphatic carbocycles. The minimum atomic E-state index is -0.705. The van der Waals surface area contributed by atoms with E-state index in [1.54, 1.807) is 29.9 Å². The fourth-order valence-electron chi connectivity index (χ4n) is 1.52. The summed E-state index contributed by atoms with van der Waals surface area (Å²) in [5, 5.41) is 2.09. The molecule has 0 aromatic carbocycles. The van der Waals surface area contributed by atoms with Crippen LogP contribution in [0.3, 0.4) is 0 Å². The van der Waals surface area contributed by atoms with Crippen molar-refractivity contribution in [2.45, 2.75) is 0 Å². The molecule has 6 heteroatoms. The summed E-state index contributed by atoms with van der Waals surface area (Å²) in [7, 11) is 3.12. The van der Waals surface area contributed by atoms with Gasteiger partial charge in [-0.15, -0.1) is 0 Å². The van der Waals surface area contributed by atoms with Gasteiger partial charge in [0.25, 0.3) is 11.8 Å². The highest BCUT2D eigenvalue weighted by molar-refractivity contribution is 6.30. The Hall–Kier alpha value is -2.37. The molecule has 2 heterocycles. The first-order valence-electron chi connectivity index (χ1n) is 4.97. The molecule has 0 bridgehead atoms. The highest BCUT2D eigenvalue weighted by Crippen LogP contribution is 2.13. The Balaban J connectivity index is 2.41. The van der Waals surface area contributed by atoms with Crippen molar-refractivity contribution in [2.75, 3.05) is 7.05 Å². The maximum Gasteiger partial charge on any atom is 0.331 e. The van der Waals surface area contributed by atoms with E-state index in [1.165, 1.54) is 13.1 Å². The number of nitrogens with zero attached hydrogens (tertiary/aromatic N) is 2. The maximum absolute atomic E-state index is 11.8. The molecule has 0 spiro atoms. The first-order chi connectivity index (χ1) is 8.00. The Morgan fingerprint density at radius 1 is 1.24 bits per heavy atom. The average Bonchev–Trinajstić information content (AvgIpc) is 2.67. The Kier molecular flexibility index (Phi) is 2.55. The van der Waals surface area contributed by atoms with Gasteiger partial charge in [0.05, 0.1) is 0 Å². The smallest absolute Gasteiger partial charge is 0.331 e. The predicted molar refractivity (Wildman–Crippen MR) is 59.7 cm³/mol. The van der Waals surface area contributed by atoms with Gasteiger partial charge in [-0.3, -0.25) is 19.8 Å². The lowest BCUT2D eigenvalue weighted by Crippen LogP contribution is -2.52. The lowest BCUT2D eigenvalue weighted by Gasteiger charge is -2.22. The molecule has 1 aromatic heterocycles. The van der Waals surface area contributed by atoms with Gasteiger partial charge >= 0.3 is 6.03 Å². The maximum atomic E-state index is 11.8. The third-order valence-electron chi connectivity index (χ3n) is 2.58. The van der Waals surface area contributed by atoms with Crippen LogP contribution in [0.1, 0.15) is 5.69 Å². The number of aryl methyl sites for hydroxylation is 1.